The predicted molar refractivity (Wildman–Crippen MR) is 72.8 cm³/mol. The third-order valence-corrected chi connectivity index (χ3v) is 2.51. The van der Waals surface area contributed by atoms with Crippen molar-refractivity contribution in [1.29, 1.82) is 0 Å². The monoisotopic (exact) mass is 333 g/mol. The van der Waals surface area contributed by atoms with E-state index in [2.05, 4.69) is 32.6 Å². The molecule has 6 N–H and O–H groups in total. The van der Waals surface area contributed by atoms with Gasteiger partial charge in [-0.1, -0.05) is 0 Å². The first-order valence-corrected chi connectivity index (χ1v) is 5.38. The summed E-state index contributed by atoms with van der Waals surface area (Å²) in [7, 11) is 1.59. The molecule has 1 rings (SSSR count). The first-order chi connectivity index (χ1) is 7.52. The van der Waals surface area contributed by atoms with Gasteiger partial charge < -0.3 is 21.9 Å². The average Bonchev–Trinajstić information content (AvgIpc) is 2.19. The van der Waals surface area contributed by atoms with Crippen LogP contribution in [0.5, 0.6) is 5.75 Å². The summed E-state index contributed by atoms with van der Waals surface area (Å²) in [5.41, 5.74) is 16.5. The lowest BCUT2D eigenvalue weighted by Crippen LogP contribution is -2.26. The van der Waals surface area contributed by atoms with Crippen molar-refractivity contribution < 1.29 is 4.74 Å². The van der Waals surface area contributed by atoms with Gasteiger partial charge in [0.2, 0.25) is 5.96 Å². The summed E-state index contributed by atoms with van der Waals surface area (Å²) >= 11 is 2.16. The number of hydrogen-bond donors (Lipinski definition) is 3. The van der Waals surface area contributed by atoms with E-state index in [9.17, 15) is 0 Å². The van der Waals surface area contributed by atoms with E-state index in [1.54, 1.807) is 19.2 Å². The SMILES string of the molecule is COc1cc(N=C(N)N=C(N)N)ccc1I. The number of guanidine groups is 2. The van der Waals surface area contributed by atoms with Gasteiger partial charge in [0, 0.05) is 6.07 Å². The normalized spacial score (nSPS) is 11.0. The van der Waals surface area contributed by atoms with Crippen molar-refractivity contribution in [3.63, 3.8) is 0 Å². The molecule has 16 heavy (non-hydrogen) atoms. The second kappa shape index (κ2) is 5.54. The van der Waals surface area contributed by atoms with Gasteiger partial charge in [-0.2, -0.15) is 4.99 Å². The van der Waals surface area contributed by atoms with Crippen molar-refractivity contribution in [2.75, 3.05) is 7.11 Å². The average molecular weight is 333 g/mol. The van der Waals surface area contributed by atoms with Gasteiger partial charge in [0.1, 0.15) is 5.75 Å². The molecular weight excluding hydrogens is 321 g/mol. The summed E-state index contributed by atoms with van der Waals surface area (Å²) in [5.74, 6) is 0.598. The van der Waals surface area contributed by atoms with Gasteiger partial charge in [0.05, 0.1) is 16.4 Å². The predicted octanol–water partition coefficient (Wildman–Crippen LogP) is 0.519. The van der Waals surface area contributed by atoms with Crippen LogP contribution in [0.25, 0.3) is 0 Å². The molecule has 0 atom stereocenters. The summed E-state index contributed by atoms with van der Waals surface area (Å²) < 4.78 is 6.13. The van der Waals surface area contributed by atoms with Gasteiger partial charge in [-0.25, -0.2) is 4.99 Å². The first kappa shape index (κ1) is 12.6. The van der Waals surface area contributed by atoms with Crippen LogP contribution in [0.15, 0.2) is 28.2 Å². The van der Waals surface area contributed by atoms with Crippen LogP contribution in [0.2, 0.25) is 0 Å². The Bertz CT molecular complexity index is 440. The maximum absolute atomic E-state index is 5.50. The van der Waals surface area contributed by atoms with Crippen LogP contribution < -0.4 is 21.9 Å². The smallest absolute Gasteiger partial charge is 0.223 e. The number of aliphatic imine (C=N–C) groups is 2. The molecule has 0 unspecified atom stereocenters. The van der Waals surface area contributed by atoms with Crippen LogP contribution in [0.3, 0.4) is 0 Å². The molecule has 6 nitrogen and oxygen atoms in total. The fourth-order valence-corrected chi connectivity index (χ4v) is 1.56. The van der Waals surface area contributed by atoms with E-state index >= 15 is 0 Å². The Morgan fingerprint density at radius 1 is 1.31 bits per heavy atom. The summed E-state index contributed by atoms with van der Waals surface area (Å²) in [5, 5.41) is 0. The fourth-order valence-electron chi connectivity index (χ4n) is 1.01. The molecule has 0 saturated heterocycles. The third kappa shape index (κ3) is 3.57. The molecule has 1 aromatic carbocycles. The van der Waals surface area contributed by atoms with Crippen molar-refractivity contribution in [2.24, 2.45) is 27.2 Å². The Morgan fingerprint density at radius 2 is 2.00 bits per heavy atom. The van der Waals surface area contributed by atoms with Crippen LogP contribution in [-0.4, -0.2) is 19.0 Å². The molecule has 0 bridgehead atoms. The topological polar surface area (TPSA) is 112 Å². The number of hydrogen-bond acceptors (Lipinski definition) is 2. The van der Waals surface area contributed by atoms with E-state index in [4.69, 9.17) is 21.9 Å². The zero-order valence-electron chi connectivity index (χ0n) is 8.64. The van der Waals surface area contributed by atoms with E-state index < -0.39 is 0 Å². The van der Waals surface area contributed by atoms with Crippen molar-refractivity contribution in [3.8, 4) is 5.75 Å². The lowest BCUT2D eigenvalue weighted by atomic mass is 10.3. The molecule has 86 valence electrons. The number of methoxy groups -OCH3 is 1. The van der Waals surface area contributed by atoms with E-state index in [1.807, 2.05) is 6.07 Å². The molecular formula is C9H12IN5O. The highest BCUT2D eigenvalue weighted by Crippen LogP contribution is 2.25. The lowest BCUT2D eigenvalue weighted by molar-refractivity contribution is 0.412. The highest BCUT2D eigenvalue weighted by Gasteiger charge is 2.01. The number of rotatable bonds is 2. The molecule has 0 amide bonds. The van der Waals surface area contributed by atoms with Crippen LogP contribution in [-0.2, 0) is 0 Å². The fraction of sp³-hybridized carbons (Fsp3) is 0.111. The largest absolute Gasteiger partial charge is 0.496 e. The zero-order chi connectivity index (χ0) is 12.1. The van der Waals surface area contributed by atoms with Crippen molar-refractivity contribution in [2.45, 2.75) is 0 Å². The van der Waals surface area contributed by atoms with E-state index in [1.165, 1.54) is 0 Å². The Hall–Kier alpha value is -1.51. The van der Waals surface area contributed by atoms with Gasteiger partial charge in [-0.15, -0.1) is 0 Å². The van der Waals surface area contributed by atoms with Gasteiger partial charge >= 0.3 is 0 Å². The first-order valence-electron chi connectivity index (χ1n) is 4.30. The van der Waals surface area contributed by atoms with Gasteiger partial charge in [-0.3, -0.25) is 0 Å². The second-order valence-electron chi connectivity index (χ2n) is 2.83. The number of ether oxygens (including phenoxy) is 1. The summed E-state index contributed by atoms with van der Waals surface area (Å²) in [4.78, 5) is 7.62. The van der Waals surface area contributed by atoms with Crippen molar-refractivity contribution in [1.82, 2.24) is 0 Å². The van der Waals surface area contributed by atoms with Crippen LogP contribution in [0.1, 0.15) is 0 Å². The zero-order valence-corrected chi connectivity index (χ0v) is 10.8. The number of benzene rings is 1. The number of halogens is 1. The van der Waals surface area contributed by atoms with E-state index in [0.29, 0.717) is 5.69 Å². The van der Waals surface area contributed by atoms with E-state index in [0.717, 1.165) is 9.32 Å². The Balaban J connectivity index is 3.02. The summed E-state index contributed by atoms with van der Waals surface area (Å²) in [6.45, 7) is 0. The van der Waals surface area contributed by atoms with Gasteiger partial charge in [0.25, 0.3) is 0 Å². The Kier molecular flexibility index (Phi) is 4.35. The molecule has 0 saturated carbocycles. The molecule has 0 fully saturated rings. The van der Waals surface area contributed by atoms with E-state index in [-0.39, 0.29) is 11.9 Å². The maximum Gasteiger partial charge on any atom is 0.223 e. The molecule has 0 aliphatic rings. The van der Waals surface area contributed by atoms with Crippen LogP contribution in [0, 0.1) is 3.57 Å². The highest BCUT2D eigenvalue weighted by molar-refractivity contribution is 14.1. The lowest BCUT2D eigenvalue weighted by Gasteiger charge is -2.03. The van der Waals surface area contributed by atoms with Crippen molar-refractivity contribution >= 4 is 40.2 Å². The molecule has 0 spiro atoms. The quantitative estimate of drug-likeness (QED) is 0.416. The Labute approximate surface area is 107 Å². The highest BCUT2D eigenvalue weighted by atomic mass is 127. The molecule has 7 heteroatoms. The minimum absolute atomic E-state index is 0.00302. The van der Waals surface area contributed by atoms with Crippen LogP contribution in [0.4, 0.5) is 5.69 Å². The Morgan fingerprint density at radius 3 is 2.56 bits per heavy atom. The van der Waals surface area contributed by atoms with Crippen LogP contribution >= 0.6 is 22.6 Å². The minimum atomic E-state index is -0.126. The third-order valence-electron chi connectivity index (χ3n) is 1.62. The number of nitrogens with two attached hydrogens (primary N) is 3. The summed E-state index contributed by atoms with van der Waals surface area (Å²) in [6.07, 6.45) is 0. The van der Waals surface area contributed by atoms with Gasteiger partial charge in [-0.05, 0) is 34.7 Å². The minimum Gasteiger partial charge on any atom is -0.496 e. The maximum atomic E-state index is 5.50. The molecule has 0 aliphatic heterocycles. The number of nitrogens with zero attached hydrogens (tertiary/aromatic N) is 2. The summed E-state index contributed by atoms with van der Waals surface area (Å²) in [6, 6.07) is 5.40. The van der Waals surface area contributed by atoms with Crippen molar-refractivity contribution in [3.05, 3.63) is 21.8 Å². The molecule has 0 radical (unpaired) electrons. The standard InChI is InChI=1S/C9H12IN5O/c1-16-7-4-5(2-3-6(7)10)14-9(13)15-8(11)12/h2-4H,1H3,(H6,11,12,13,14,15). The molecule has 1 aromatic rings. The molecule has 0 heterocycles. The van der Waals surface area contributed by atoms with Gasteiger partial charge in [0.15, 0.2) is 5.96 Å². The molecule has 0 aliphatic carbocycles. The molecule has 0 aromatic heterocycles. The second-order valence-corrected chi connectivity index (χ2v) is 3.99.